The van der Waals surface area contributed by atoms with Crippen LogP contribution in [0.5, 0.6) is 5.75 Å². The molecule has 0 heterocycles. The van der Waals surface area contributed by atoms with E-state index < -0.39 is 17.9 Å². The highest BCUT2D eigenvalue weighted by Gasteiger charge is 2.11. The molecule has 28 heavy (non-hydrogen) atoms. The number of imide groups is 1. The van der Waals surface area contributed by atoms with Crippen molar-refractivity contribution in [2.24, 2.45) is 5.73 Å². The summed E-state index contributed by atoms with van der Waals surface area (Å²) in [4.78, 5) is 35.3. The molecule has 0 fully saturated rings. The average molecular weight is 384 g/mol. The van der Waals surface area contributed by atoms with Gasteiger partial charge in [-0.1, -0.05) is 12.1 Å². The summed E-state index contributed by atoms with van der Waals surface area (Å²) in [7, 11) is 0. The maximum Gasteiger partial charge on any atom is 0.344 e. The number of ether oxygens (including phenoxy) is 2. The van der Waals surface area contributed by atoms with E-state index in [1.807, 2.05) is 0 Å². The van der Waals surface area contributed by atoms with Crippen molar-refractivity contribution in [3.05, 3.63) is 59.7 Å². The molecule has 0 aliphatic carbocycles. The molecular weight excluding hydrogens is 364 g/mol. The lowest BCUT2D eigenvalue weighted by Crippen LogP contribution is -2.34. The van der Waals surface area contributed by atoms with Crippen LogP contribution in [0.2, 0.25) is 0 Å². The first-order chi connectivity index (χ1) is 13.4. The summed E-state index contributed by atoms with van der Waals surface area (Å²) in [5.74, 6) is -0.749. The normalized spacial score (nSPS) is 9.89. The van der Waals surface area contributed by atoms with Crippen molar-refractivity contribution >= 4 is 29.4 Å². The zero-order valence-electron chi connectivity index (χ0n) is 15.2. The third kappa shape index (κ3) is 6.13. The number of hydrogen-bond donors (Lipinski definition) is 4. The molecule has 3 amide bonds. The van der Waals surface area contributed by atoms with Crippen molar-refractivity contribution in [2.75, 3.05) is 18.5 Å². The van der Waals surface area contributed by atoms with Crippen molar-refractivity contribution in [3.8, 4) is 5.75 Å². The number of amides is 3. The number of amidine groups is 1. The number of anilines is 1. The van der Waals surface area contributed by atoms with Gasteiger partial charge in [0.25, 0.3) is 5.91 Å². The smallest absolute Gasteiger partial charge is 0.344 e. The minimum absolute atomic E-state index is 0.112. The summed E-state index contributed by atoms with van der Waals surface area (Å²) in [6, 6.07) is 11.5. The molecule has 2 aromatic rings. The molecule has 9 heteroatoms. The van der Waals surface area contributed by atoms with Gasteiger partial charge in [0.05, 0.1) is 6.61 Å². The van der Waals surface area contributed by atoms with Gasteiger partial charge < -0.3 is 20.5 Å². The molecule has 0 aliphatic rings. The van der Waals surface area contributed by atoms with E-state index in [0.717, 1.165) is 0 Å². The minimum Gasteiger partial charge on any atom is -0.482 e. The zero-order valence-corrected chi connectivity index (χ0v) is 15.2. The highest BCUT2D eigenvalue weighted by molar-refractivity contribution is 6.08. The first-order valence-corrected chi connectivity index (χ1v) is 8.34. The van der Waals surface area contributed by atoms with E-state index >= 15 is 0 Å². The molecule has 5 N–H and O–H groups in total. The molecule has 0 atom stereocenters. The highest BCUT2D eigenvalue weighted by atomic mass is 16.6. The molecule has 0 saturated carbocycles. The van der Waals surface area contributed by atoms with E-state index in [1.54, 1.807) is 31.2 Å². The Morgan fingerprint density at radius 2 is 1.61 bits per heavy atom. The largest absolute Gasteiger partial charge is 0.482 e. The molecular formula is C19H20N4O5. The van der Waals surface area contributed by atoms with Gasteiger partial charge >= 0.3 is 12.0 Å². The fourth-order valence-corrected chi connectivity index (χ4v) is 2.12. The molecule has 146 valence electrons. The van der Waals surface area contributed by atoms with Crippen molar-refractivity contribution in [1.82, 2.24) is 5.32 Å². The van der Waals surface area contributed by atoms with Gasteiger partial charge in [-0.2, -0.15) is 0 Å². The molecule has 2 aromatic carbocycles. The van der Waals surface area contributed by atoms with Crippen LogP contribution in [-0.2, 0) is 9.53 Å². The van der Waals surface area contributed by atoms with Crippen LogP contribution in [0.1, 0.15) is 22.8 Å². The van der Waals surface area contributed by atoms with Gasteiger partial charge in [0.1, 0.15) is 11.6 Å². The Bertz CT molecular complexity index is 863. The van der Waals surface area contributed by atoms with E-state index in [-0.39, 0.29) is 24.6 Å². The quantitative estimate of drug-likeness (QED) is 0.326. The Morgan fingerprint density at radius 3 is 2.18 bits per heavy atom. The predicted molar refractivity (Wildman–Crippen MR) is 103 cm³/mol. The molecule has 9 nitrogen and oxygen atoms in total. The molecule has 2 rings (SSSR count). The number of nitrogens with one attached hydrogen (secondary N) is 3. The summed E-state index contributed by atoms with van der Waals surface area (Å²) in [6.45, 7) is 1.77. The number of hydrogen-bond acceptors (Lipinski definition) is 6. The van der Waals surface area contributed by atoms with Gasteiger partial charge in [-0.15, -0.1) is 0 Å². The Labute approximate surface area is 161 Å². The summed E-state index contributed by atoms with van der Waals surface area (Å²) >= 11 is 0. The fraction of sp³-hybridized carbons (Fsp3) is 0.158. The van der Waals surface area contributed by atoms with Crippen LogP contribution < -0.4 is 21.1 Å². The summed E-state index contributed by atoms with van der Waals surface area (Å²) < 4.78 is 10.0. The number of nitrogens with two attached hydrogens (primary N) is 1. The lowest BCUT2D eigenvalue weighted by molar-refractivity contribution is -0.145. The van der Waals surface area contributed by atoms with E-state index in [0.29, 0.717) is 17.0 Å². The second kappa shape index (κ2) is 9.72. The first-order valence-electron chi connectivity index (χ1n) is 8.34. The van der Waals surface area contributed by atoms with Crippen LogP contribution >= 0.6 is 0 Å². The Kier molecular flexibility index (Phi) is 7.09. The van der Waals surface area contributed by atoms with E-state index in [2.05, 4.69) is 10.6 Å². The van der Waals surface area contributed by atoms with E-state index in [4.69, 9.17) is 20.6 Å². The van der Waals surface area contributed by atoms with E-state index in [9.17, 15) is 14.4 Å². The van der Waals surface area contributed by atoms with Crippen molar-refractivity contribution < 1.29 is 23.9 Å². The number of carbonyl (C=O) groups is 3. The topological polar surface area (TPSA) is 144 Å². The second-order valence-corrected chi connectivity index (χ2v) is 5.52. The first kappa shape index (κ1) is 20.4. The fourth-order valence-electron chi connectivity index (χ4n) is 2.12. The predicted octanol–water partition coefficient (Wildman–Crippen LogP) is 1.87. The van der Waals surface area contributed by atoms with Crippen LogP contribution in [0.25, 0.3) is 0 Å². The standard InChI is InChI=1S/C19H20N4O5/c1-2-27-16(24)11-28-15-9-7-14(8-10-15)22-19(26)23-18(25)13-5-3-12(4-6-13)17(20)21/h3-10H,2,11H2,1H3,(H3,20,21)(H2,22,23,25,26). The summed E-state index contributed by atoms with van der Waals surface area (Å²) in [5.41, 5.74) is 6.51. The molecule has 0 bridgehead atoms. The van der Waals surface area contributed by atoms with Crippen molar-refractivity contribution in [2.45, 2.75) is 6.92 Å². The van der Waals surface area contributed by atoms with Crippen LogP contribution in [0, 0.1) is 5.41 Å². The average Bonchev–Trinajstić information content (AvgIpc) is 2.67. The molecule has 0 spiro atoms. The minimum atomic E-state index is -0.708. The monoisotopic (exact) mass is 384 g/mol. The summed E-state index contributed by atoms with van der Waals surface area (Å²) in [5, 5.41) is 12.0. The third-order valence-electron chi connectivity index (χ3n) is 3.46. The van der Waals surface area contributed by atoms with Gasteiger partial charge in [-0.3, -0.25) is 15.5 Å². The van der Waals surface area contributed by atoms with Gasteiger partial charge in [0, 0.05) is 16.8 Å². The maximum atomic E-state index is 12.1. The van der Waals surface area contributed by atoms with Crippen LogP contribution in [0.3, 0.4) is 0 Å². The number of esters is 1. The highest BCUT2D eigenvalue weighted by Crippen LogP contribution is 2.15. The second-order valence-electron chi connectivity index (χ2n) is 5.52. The Morgan fingerprint density at radius 1 is 1.00 bits per heavy atom. The van der Waals surface area contributed by atoms with Crippen molar-refractivity contribution in [3.63, 3.8) is 0 Å². The molecule has 0 radical (unpaired) electrons. The van der Waals surface area contributed by atoms with Crippen LogP contribution in [-0.4, -0.2) is 37.0 Å². The Hall–Kier alpha value is -3.88. The summed E-state index contributed by atoms with van der Waals surface area (Å²) in [6.07, 6.45) is 0. The SMILES string of the molecule is CCOC(=O)COc1ccc(NC(=O)NC(=O)c2ccc(C(=N)N)cc2)cc1. The number of rotatable bonds is 7. The van der Waals surface area contributed by atoms with Gasteiger partial charge in [0.15, 0.2) is 6.61 Å². The van der Waals surface area contributed by atoms with Crippen LogP contribution in [0.15, 0.2) is 48.5 Å². The molecule has 0 unspecified atom stereocenters. The van der Waals surface area contributed by atoms with Crippen LogP contribution in [0.4, 0.5) is 10.5 Å². The number of nitrogen functional groups attached to an aromatic ring is 1. The van der Waals surface area contributed by atoms with Gasteiger partial charge in [-0.25, -0.2) is 9.59 Å². The maximum absolute atomic E-state index is 12.1. The lowest BCUT2D eigenvalue weighted by atomic mass is 10.1. The third-order valence-corrected chi connectivity index (χ3v) is 3.46. The number of benzene rings is 2. The van der Waals surface area contributed by atoms with Crippen molar-refractivity contribution in [1.29, 1.82) is 5.41 Å². The van der Waals surface area contributed by atoms with Gasteiger partial charge in [-0.05, 0) is 43.3 Å². The molecule has 0 saturated heterocycles. The Balaban J connectivity index is 1.85. The van der Waals surface area contributed by atoms with Gasteiger partial charge in [0.2, 0.25) is 0 Å². The lowest BCUT2D eigenvalue weighted by Gasteiger charge is -2.09. The zero-order chi connectivity index (χ0) is 20.5. The molecule has 0 aliphatic heterocycles. The number of urea groups is 1. The van der Waals surface area contributed by atoms with E-state index in [1.165, 1.54) is 24.3 Å². The molecule has 0 aromatic heterocycles. The number of carbonyl (C=O) groups excluding carboxylic acids is 3.